The number of benzene rings is 2. The number of anilines is 1. The molecule has 98 valence electrons. The van der Waals surface area contributed by atoms with Crippen LogP contribution in [0.5, 0.6) is 0 Å². The minimum Gasteiger partial charge on any atom is -0.399 e. The Hall–Kier alpha value is -1.51. The van der Waals surface area contributed by atoms with E-state index in [2.05, 4.69) is 35.6 Å². The van der Waals surface area contributed by atoms with Gasteiger partial charge in [-0.2, -0.15) is 0 Å². The monoisotopic (exact) mass is 272 g/mol. The van der Waals surface area contributed by atoms with E-state index in [1.165, 1.54) is 12.0 Å². The molecule has 0 aromatic heterocycles. The zero-order valence-electron chi connectivity index (χ0n) is 10.6. The summed E-state index contributed by atoms with van der Waals surface area (Å²) in [5, 5.41) is 4.26. The lowest BCUT2D eigenvalue weighted by Crippen LogP contribution is -2.17. The molecule has 2 nitrogen and oxygen atoms in total. The van der Waals surface area contributed by atoms with Gasteiger partial charge in [0.15, 0.2) is 0 Å². The predicted octanol–water partition coefficient (Wildman–Crippen LogP) is 3.57. The molecule has 0 heterocycles. The Morgan fingerprint density at radius 2 is 1.95 bits per heavy atom. The summed E-state index contributed by atoms with van der Waals surface area (Å²) < 4.78 is 0. The Bertz CT molecular complexity index is 548. The summed E-state index contributed by atoms with van der Waals surface area (Å²) in [6.07, 6.45) is 1.21. The van der Waals surface area contributed by atoms with Gasteiger partial charge in [-0.1, -0.05) is 41.9 Å². The van der Waals surface area contributed by atoms with Crippen LogP contribution in [0.1, 0.15) is 23.5 Å². The van der Waals surface area contributed by atoms with Crippen molar-refractivity contribution in [1.82, 2.24) is 5.32 Å². The number of nitrogens with two attached hydrogens (primary N) is 1. The number of rotatable bonds is 4. The van der Waals surface area contributed by atoms with Crippen LogP contribution in [0.3, 0.4) is 0 Å². The molecule has 3 heteroatoms. The molecule has 2 aromatic carbocycles. The first-order chi connectivity index (χ1) is 9.22. The third kappa shape index (κ3) is 3.09. The summed E-state index contributed by atoms with van der Waals surface area (Å²) >= 11 is 6.00. The molecule has 0 radical (unpaired) electrons. The second kappa shape index (κ2) is 5.24. The second-order valence-electron chi connectivity index (χ2n) is 5.13. The smallest absolute Gasteiger partial charge is 0.0429 e. The molecule has 19 heavy (non-hydrogen) atoms. The van der Waals surface area contributed by atoms with Gasteiger partial charge in [0, 0.05) is 29.2 Å². The van der Waals surface area contributed by atoms with Gasteiger partial charge < -0.3 is 11.1 Å². The van der Waals surface area contributed by atoms with Crippen LogP contribution in [0.15, 0.2) is 48.5 Å². The number of hydrogen-bond donors (Lipinski definition) is 2. The molecule has 2 unspecified atom stereocenters. The molecule has 2 atom stereocenters. The highest BCUT2D eigenvalue weighted by molar-refractivity contribution is 6.30. The van der Waals surface area contributed by atoms with Crippen molar-refractivity contribution in [3.05, 3.63) is 64.7 Å². The maximum absolute atomic E-state index is 6.00. The number of nitrogen functional groups attached to an aromatic ring is 1. The van der Waals surface area contributed by atoms with Crippen molar-refractivity contribution < 1.29 is 0 Å². The fraction of sp³-hybridized carbons (Fsp3) is 0.250. The SMILES string of the molecule is Nc1cc(Cl)cc(CNC2CC2c2ccccc2)c1. The highest BCUT2D eigenvalue weighted by Gasteiger charge is 2.37. The van der Waals surface area contributed by atoms with E-state index in [4.69, 9.17) is 17.3 Å². The van der Waals surface area contributed by atoms with E-state index < -0.39 is 0 Å². The first kappa shape index (κ1) is 12.5. The zero-order valence-corrected chi connectivity index (χ0v) is 11.4. The minimum absolute atomic E-state index is 0.572. The summed E-state index contributed by atoms with van der Waals surface area (Å²) in [5.74, 6) is 0.651. The third-order valence-electron chi connectivity index (χ3n) is 3.57. The van der Waals surface area contributed by atoms with E-state index in [1.54, 1.807) is 6.07 Å². The topological polar surface area (TPSA) is 38.0 Å². The van der Waals surface area contributed by atoms with Crippen molar-refractivity contribution in [2.24, 2.45) is 0 Å². The summed E-state index contributed by atoms with van der Waals surface area (Å²) in [5.41, 5.74) is 9.07. The third-order valence-corrected chi connectivity index (χ3v) is 3.78. The van der Waals surface area contributed by atoms with Gasteiger partial charge in [0.1, 0.15) is 0 Å². The van der Waals surface area contributed by atoms with Crippen LogP contribution < -0.4 is 11.1 Å². The van der Waals surface area contributed by atoms with E-state index in [0.717, 1.165) is 17.8 Å². The average molecular weight is 273 g/mol. The summed E-state index contributed by atoms with van der Waals surface area (Å²) in [4.78, 5) is 0. The number of nitrogens with one attached hydrogen (secondary N) is 1. The Morgan fingerprint density at radius 1 is 1.16 bits per heavy atom. The standard InChI is InChI=1S/C16H17ClN2/c17-13-6-11(7-14(18)8-13)10-19-16-9-15(16)12-4-2-1-3-5-12/h1-8,15-16,19H,9-10,18H2. The molecule has 0 amide bonds. The first-order valence-electron chi connectivity index (χ1n) is 6.55. The molecule has 2 aromatic rings. The van der Waals surface area contributed by atoms with Crippen LogP contribution in [-0.2, 0) is 6.54 Å². The highest BCUT2D eigenvalue weighted by Crippen LogP contribution is 2.40. The fourth-order valence-corrected chi connectivity index (χ4v) is 2.78. The fourth-order valence-electron chi connectivity index (χ4n) is 2.52. The zero-order chi connectivity index (χ0) is 13.2. The van der Waals surface area contributed by atoms with Crippen molar-refractivity contribution >= 4 is 17.3 Å². The van der Waals surface area contributed by atoms with E-state index in [0.29, 0.717) is 17.0 Å². The Balaban J connectivity index is 1.57. The van der Waals surface area contributed by atoms with Gasteiger partial charge in [-0.25, -0.2) is 0 Å². The van der Waals surface area contributed by atoms with Crippen LogP contribution in [0.2, 0.25) is 5.02 Å². The normalized spacial score (nSPS) is 21.3. The molecule has 1 aliphatic carbocycles. The quantitative estimate of drug-likeness (QED) is 0.835. The van der Waals surface area contributed by atoms with Gasteiger partial charge >= 0.3 is 0 Å². The summed E-state index contributed by atoms with van der Waals surface area (Å²) in [6.45, 7) is 0.818. The van der Waals surface area contributed by atoms with Crippen molar-refractivity contribution in [3.8, 4) is 0 Å². The average Bonchev–Trinajstić information content (AvgIpc) is 3.16. The molecule has 0 bridgehead atoms. The minimum atomic E-state index is 0.572. The summed E-state index contributed by atoms with van der Waals surface area (Å²) in [6, 6.07) is 16.9. The molecule has 0 spiro atoms. The van der Waals surface area contributed by atoms with E-state index in [1.807, 2.05) is 12.1 Å². The van der Waals surface area contributed by atoms with E-state index in [-0.39, 0.29) is 0 Å². The van der Waals surface area contributed by atoms with Gasteiger partial charge in [0.05, 0.1) is 0 Å². The number of hydrogen-bond acceptors (Lipinski definition) is 2. The first-order valence-corrected chi connectivity index (χ1v) is 6.93. The largest absolute Gasteiger partial charge is 0.399 e. The molecule has 1 aliphatic rings. The lowest BCUT2D eigenvalue weighted by Gasteiger charge is -2.06. The Labute approximate surface area is 118 Å². The van der Waals surface area contributed by atoms with E-state index in [9.17, 15) is 0 Å². The van der Waals surface area contributed by atoms with Crippen molar-refractivity contribution in [3.63, 3.8) is 0 Å². The maximum Gasteiger partial charge on any atom is 0.0429 e. The number of halogens is 1. The van der Waals surface area contributed by atoms with Crippen molar-refractivity contribution in [2.45, 2.75) is 24.9 Å². The van der Waals surface area contributed by atoms with Gasteiger partial charge in [-0.05, 0) is 35.7 Å². The van der Waals surface area contributed by atoms with Crippen LogP contribution in [0, 0.1) is 0 Å². The maximum atomic E-state index is 6.00. The van der Waals surface area contributed by atoms with Crippen LogP contribution in [0.4, 0.5) is 5.69 Å². The molecular weight excluding hydrogens is 256 g/mol. The van der Waals surface area contributed by atoms with Crippen molar-refractivity contribution in [1.29, 1.82) is 0 Å². The predicted molar refractivity (Wildman–Crippen MR) is 80.3 cm³/mol. The van der Waals surface area contributed by atoms with E-state index >= 15 is 0 Å². The molecule has 1 fully saturated rings. The summed E-state index contributed by atoms with van der Waals surface area (Å²) in [7, 11) is 0. The van der Waals surface area contributed by atoms with Gasteiger partial charge in [-0.3, -0.25) is 0 Å². The van der Waals surface area contributed by atoms with Crippen LogP contribution in [0.25, 0.3) is 0 Å². The molecule has 0 aliphatic heterocycles. The molecule has 0 saturated heterocycles. The van der Waals surface area contributed by atoms with Gasteiger partial charge in [-0.15, -0.1) is 0 Å². The molecule has 3 rings (SSSR count). The molecule has 1 saturated carbocycles. The Morgan fingerprint density at radius 3 is 2.68 bits per heavy atom. The van der Waals surface area contributed by atoms with Gasteiger partial charge in [0.25, 0.3) is 0 Å². The second-order valence-corrected chi connectivity index (χ2v) is 5.57. The molecular formula is C16H17ClN2. The highest BCUT2D eigenvalue weighted by atomic mass is 35.5. The van der Waals surface area contributed by atoms with Gasteiger partial charge in [0.2, 0.25) is 0 Å². The lowest BCUT2D eigenvalue weighted by atomic mass is 10.1. The van der Waals surface area contributed by atoms with Crippen molar-refractivity contribution in [2.75, 3.05) is 5.73 Å². The lowest BCUT2D eigenvalue weighted by molar-refractivity contribution is 0.673. The van der Waals surface area contributed by atoms with Crippen LogP contribution in [-0.4, -0.2) is 6.04 Å². The van der Waals surface area contributed by atoms with Crippen LogP contribution >= 0.6 is 11.6 Å². The Kier molecular flexibility index (Phi) is 3.45. The molecule has 3 N–H and O–H groups in total.